The summed E-state index contributed by atoms with van der Waals surface area (Å²) in [6.07, 6.45) is 10.2. The number of hydrogen-bond acceptors (Lipinski definition) is 2. The van der Waals surface area contributed by atoms with Gasteiger partial charge in [-0.15, -0.1) is 6.58 Å². The van der Waals surface area contributed by atoms with E-state index in [1.807, 2.05) is 24.8 Å². The SMILES string of the molecule is C=C[C@@H]1CC1NC(=O)C1CCCN1C(=O)C(C)(C)CCCCCC. The summed E-state index contributed by atoms with van der Waals surface area (Å²) >= 11 is 0. The summed E-state index contributed by atoms with van der Waals surface area (Å²) < 4.78 is 0. The molecular formula is C20H34N2O2. The summed E-state index contributed by atoms with van der Waals surface area (Å²) in [5.74, 6) is 0.583. The third-order valence-corrected chi connectivity index (χ3v) is 5.52. The zero-order chi connectivity index (χ0) is 17.7. The van der Waals surface area contributed by atoms with Gasteiger partial charge in [0.15, 0.2) is 0 Å². The van der Waals surface area contributed by atoms with Gasteiger partial charge in [-0.25, -0.2) is 0 Å². The Kier molecular flexibility index (Phi) is 6.47. The van der Waals surface area contributed by atoms with Crippen LogP contribution in [0.2, 0.25) is 0 Å². The van der Waals surface area contributed by atoms with Gasteiger partial charge in [0.05, 0.1) is 0 Å². The van der Waals surface area contributed by atoms with Crippen molar-refractivity contribution in [3.05, 3.63) is 12.7 Å². The van der Waals surface area contributed by atoms with Crippen LogP contribution in [0.3, 0.4) is 0 Å². The second kappa shape index (κ2) is 8.17. The van der Waals surface area contributed by atoms with E-state index in [0.717, 1.165) is 32.1 Å². The topological polar surface area (TPSA) is 49.4 Å². The van der Waals surface area contributed by atoms with E-state index in [0.29, 0.717) is 12.5 Å². The average Bonchev–Trinajstić information content (AvgIpc) is 3.11. The molecule has 1 N–H and O–H groups in total. The van der Waals surface area contributed by atoms with Crippen LogP contribution in [-0.4, -0.2) is 35.3 Å². The number of nitrogens with zero attached hydrogens (tertiary/aromatic N) is 1. The number of rotatable bonds is 9. The molecule has 0 aromatic rings. The van der Waals surface area contributed by atoms with Gasteiger partial charge in [-0.3, -0.25) is 9.59 Å². The van der Waals surface area contributed by atoms with Crippen molar-refractivity contribution in [3.8, 4) is 0 Å². The Labute approximate surface area is 147 Å². The van der Waals surface area contributed by atoms with Crippen molar-refractivity contribution in [2.45, 2.75) is 84.2 Å². The number of amides is 2. The molecular weight excluding hydrogens is 300 g/mol. The second-order valence-electron chi connectivity index (χ2n) is 8.10. The average molecular weight is 335 g/mol. The van der Waals surface area contributed by atoms with Crippen LogP contribution in [0.5, 0.6) is 0 Å². The fourth-order valence-electron chi connectivity index (χ4n) is 3.69. The van der Waals surface area contributed by atoms with E-state index >= 15 is 0 Å². The first-order chi connectivity index (χ1) is 11.4. The first-order valence-corrected chi connectivity index (χ1v) is 9.64. The van der Waals surface area contributed by atoms with Gasteiger partial charge in [0.2, 0.25) is 11.8 Å². The number of carbonyl (C=O) groups excluding carboxylic acids is 2. The van der Waals surface area contributed by atoms with Crippen molar-refractivity contribution < 1.29 is 9.59 Å². The molecule has 0 radical (unpaired) electrons. The quantitative estimate of drug-likeness (QED) is 0.517. The molecule has 136 valence electrons. The smallest absolute Gasteiger partial charge is 0.243 e. The largest absolute Gasteiger partial charge is 0.351 e. The molecule has 2 fully saturated rings. The molecule has 1 saturated heterocycles. The Morgan fingerprint density at radius 3 is 2.67 bits per heavy atom. The standard InChI is InChI=1S/C20H34N2O2/c1-5-7-8-9-12-20(3,4)19(24)22-13-10-11-17(22)18(23)21-16-14-15(16)6-2/h6,15-17H,2,5,7-14H2,1,3-4H3,(H,21,23)/t15-,16?,17?/m1/s1. The van der Waals surface area contributed by atoms with Crippen LogP contribution in [0.1, 0.15) is 72.1 Å². The van der Waals surface area contributed by atoms with E-state index < -0.39 is 0 Å². The molecule has 0 spiro atoms. The first-order valence-electron chi connectivity index (χ1n) is 9.64. The Morgan fingerprint density at radius 2 is 2.04 bits per heavy atom. The van der Waals surface area contributed by atoms with Crippen LogP contribution in [0, 0.1) is 11.3 Å². The Bertz CT molecular complexity index is 472. The van der Waals surface area contributed by atoms with Crippen LogP contribution in [0.25, 0.3) is 0 Å². The molecule has 1 aliphatic carbocycles. The van der Waals surface area contributed by atoms with E-state index in [4.69, 9.17) is 0 Å². The summed E-state index contributed by atoms with van der Waals surface area (Å²) in [7, 11) is 0. The van der Waals surface area contributed by atoms with Crippen molar-refractivity contribution in [1.29, 1.82) is 0 Å². The zero-order valence-electron chi connectivity index (χ0n) is 15.6. The minimum Gasteiger partial charge on any atom is -0.351 e. The molecule has 1 saturated carbocycles. The van der Waals surface area contributed by atoms with Crippen LogP contribution >= 0.6 is 0 Å². The van der Waals surface area contributed by atoms with Gasteiger partial charge in [0.1, 0.15) is 6.04 Å². The van der Waals surface area contributed by atoms with Gasteiger partial charge in [-0.05, 0) is 31.6 Å². The molecule has 4 nitrogen and oxygen atoms in total. The Morgan fingerprint density at radius 1 is 1.29 bits per heavy atom. The molecule has 2 rings (SSSR count). The highest BCUT2D eigenvalue weighted by Gasteiger charge is 2.43. The maximum atomic E-state index is 13.0. The minimum atomic E-state index is -0.375. The molecule has 24 heavy (non-hydrogen) atoms. The second-order valence-corrected chi connectivity index (χ2v) is 8.10. The van der Waals surface area contributed by atoms with Crippen molar-refractivity contribution in [2.75, 3.05) is 6.54 Å². The van der Waals surface area contributed by atoms with Crippen LogP contribution in [0.4, 0.5) is 0 Å². The number of likely N-dealkylation sites (tertiary alicyclic amines) is 1. The molecule has 2 aliphatic rings. The van der Waals surface area contributed by atoms with E-state index in [1.54, 1.807) is 0 Å². The summed E-state index contributed by atoms with van der Waals surface area (Å²) in [6.45, 7) is 10.7. The maximum Gasteiger partial charge on any atom is 0.243 e. The first kappa shape index (κ1) is 19.0. The van der Waals surface area contributed by atoms with Crippen LogP contribution < -0.4 is 5.32 Å². The summed E-state index contributed by atoms with van der Waals surface area (Å²) in [6, 6.07) is -0.0481. The molecule has 1 aliphatic heterocycles. The van der Waals surface area contributed by atoms with Gasteiger partial charge < -0.3 is 10.2 Å². The highest BCUT2D eigenvalue weighted by Crippen LogP contribution is 2.33. The summed E-state index contributed by atoms with van der Waals surface area (Å²) in [5.41, 5.74) is -0.375. The summed E-state index contributed by atoms with van der Waals surface area (Å²) in [5, 5.41) is 3.09. The van der Waals surface area contributed by atoms with Gasteiger partial charge >= 0.3 is 0 Å². The van der Waals surface area contributed by atoms with Gasteiger partial charge in [0, 0.05) is 18.0 Å². The van der Waals surface area contributed by atoms with E-state index in [2.05, 4.69) is 18.8 Å². The summed E-state index contributed by atoms with van der Waals surface area (Å²) in [4.78, 5) is 27.4. The normalized spacial score (nSPS) is 26.3. The van der Waals surface area contributed by atoms with Crippen LogP contribution in [-0.2, 0) is 9.59 Å². The van der Waals surface area contributed by atoms with E-state index in [1.165, 1.54) is 19.3 Å². The molecule has 0 aromatic carbocycles. The third-order valence-electron chi connectivity index (χ3n) is 5.52. The molecule has 0 bridgehead atoms. The number of hydrogen-bond donors (Lipinski definition) is 1. The number of nitrogens with one attached hydrogen (secondary N) is 1. The lowest BCUT2D eigenvalue weighted by molar-refractivity contribution is -0.145. The monoisotopic (exact) mass is 334 g/mol. The van der Waals surface area contributed by atoms with Gasteiger partial charge in [-0.1, -0.05) is 52.5 Å². The van der Waals surface area contributed by atoms with Crippen molar-refractivity contribution in [2.24, 2.45) is 11.3 Å². The Hall–Kier alpha value is -1.32. The fourth-order valence-corrected chi connectivity index (χ4v) is 3.69. The molecule has 0 aromatic heterocycles. The molecule has 4 heteroatoms. The highest BCUT2D eigenvalue weighted by molar-refractivity contribution is 5.90. The van der Waals surface area contributed by atoms with E-state index in [9.17, 15) is 9.59 Å². The van der Waals surface area contributed by atoms with Crippen LogP contribution in [0.15, 0.2) is 12.7 Å². The van der Waals surface area contributed by atoms with Crippen molar-refractivity contribution in [1.82, 2.24) is 10.2 Å². The molecule has 3 atom stereocenters. The lowest BCUT2D eigenvalue weighted by Gasteiger charge is -2.32. The molecule has 2 amide bonds. The zero-order valence-corrected chi connectivity index (χ0v) is 15.6. The van der Waals surface area contributed by atoms with Gasteiger partial charge in [-0.2, -0.15) is 0 Å². The van der Waals surface area contributed by atoms with Gasteiger partial charge in [0.25, 0.3) is 0 Å². The van der Waals surface area contributed by atoms with E-state index in [-0.39, 0.29) is 29.3 Å². The molecule has 2 unspecified atom stereocenters. The lowest BCUT2D eigenvalue weighted by atomic mass is 9.85. The van der Waals surface area contributed by atoms with Crippen molar-refractivity contribution in [3.63, 3.8) is 0 Å². The minimum absolute atomic E-state index is 0.0250. The maximum absolute atomic E-state index is 13.0. The Balaban J connectivity index is 1.89. The number of unbranched alkanes of at least 4 members (excludes halogenated alkanes) is 3. The predicted molar refractivity (Wildman–Crippen MR) is 97.5 cm³/mol. The third kappa shape index (κ3) is 4.61. The number of carbonyl (C=O) groups is 2. The lowest BCUT2D eigenvalue weighted by Crippen LogP contribution is -2.50. The van der Waals surface area contributed by atoms with Crippen molar-refractivity contribution >= 4 is 11.8 Å². The highest BCUT2D eigenvalue weighted by atomic mass is 16.2. The predicted octanol–water partition coefficient (Wildman–Crippen LogP) is 3.66. The molecule has 1 heterocycles. The fraction of sp³-hybridized carbons (Fsp3) is 0.800.